The number of hydrogen-bond donors (Lipinski definition) is 1. The van der Waals surface area contributed by atoms with Crippen LogP contribution in [-0.4, -0.2) is 25.2 Å². The molecule has 2 aliphatic rings. The molecule has 1 aromatic rings. The highest BCUT2D eigenvalue weighted by Gasteiger charge is 2.36. The molecule has 1 aliphatic carbocycles. The zero-order valence-corrected chi connectivity index (χ0v) is 13.4. The molecular weight excluding hydrogens is 324 g/mol. The molecule has 1 N–H and O–H groups in total. The molecule has 1 saturated heterocycles. The Morgan fingerprint density at radius 1 is 1.21 bits per heavy atom. The van der Waals surface area contributed by atoms with Crippen LogP contribution in [0.1, 0.15) is 32.1 Å². The summed E-state index contributed by atoms with van der Waals surface area (Å²) < 4.78 is 1.05. The molecule has 1 saturated carbocycles. The summed E-state index contributed by atoms with van der Waals surface area (Å²) in [5, 5.41) is 4.62. The second kappa shape index (κ2) is 5.63. The number of nitrogens with one attached hydrogen (secondary N) is 1. The van der Waals surface area contributed by atoms with Gasteiger partial charge in [-0.15, -0.1) is 0 Å². The van der Waals surface area contributed by atoms with Crippen molar-refractivity contribution in [2.45, 2.75) is 37.6 Å². The van der Waals surface area contributed by atoms with Gasteiger partial charge in [0, 0.05) is 29.6 Å². The molecule has 1 aromatic carbocycles. The number of piperazine rings is 1. The van der Waals surface area contributed by atoms with Crippen molar-refractivity contribution in [1.82, 2.24) is 5.32 Å². The van der Waals surface area contributed by atoms with Crippen LogP contribution in [0.4, 0.5) is 5.69 Å². The summed E-state index contributed by atoms with van der Waals surface area (Å²) >= 11 is 9.87. The Balaban J connectivity index is 1.81. The molecule has 2 nitrogen and oxygen atoms in total. The van der Waals surface area contributed by atoms with Crippen LogP contribution in [0.25, 0.3) is 0 Å². The zero-order valence-electron chi connectivity index (χ0n) is 11.1. The third kappa shape index (κ3) is 2.93. The van der Waals surface area contributed by atoms with E-state index in [0.29, 0.717) is 5.54 Å². The average Bonchev–Trinajstić information content (AvgIpc) is 2.39. The van der Waals surface area contributed by atoms with Gasteiger partial charge in [-0.05, 0) is 31.0 Å². The smallest absolute Gasteiger partial charge is 0.0650 e. The van der Waals surface area contributed by atoms with Gasteiger partial charge in [0.15, 0.2) is 0 Å². The summed E-state index contributed by atoms with van der Waals surface area (Å²) in [6.07, 6.45) is 6.71. The number of anilines is 1. The molecule has 0 radical (unpaired) electrons. The molecule has 4 heteroatoms. The third-order valence-electron chi connectivity index (χ3n) is 4.44. The van der Waals surface area contributed by atoms with E-state index in [0.717, 1.165) is 29.1 Å². The Hall–Kier alpha value is -0.250. The topological polar surface area (TPSA) is 15.3 Å². The monoisotopic (exact) mass is 342 g/mol. The minimum absolute atomic E-state index is 0.326. The van der Waals surface area contributed by atoms with Gasteiger partial charge in [-0.25, -0.2) is 0 Å². The van der Waals surface area contributed by atoms with Crippen molar-refractivity contribution in [3.63, 3.8) is 0 Å². The highest BCUT2D eigenvalue weighted by Crippen LogP contribution is 2.35. The van der Waals surface area contributed by atoms with E-state index in [9.17, 15) is 0 Å². The molecule has 1 aliphatic heterocycles. The van der Waals surface area contributed by atoms with Gasteiger partial charge in [0.05, 0.1) is 10.7 Å². The van der Waals surface area contributed by atoms with Crippen molar-refractivity contribution in [1.29, 1.82) is 0 Å². The summed E-state index contributed by atoms with van der Waals surface area (Å²) in [6, 6.07) is 6.21. The lowest BCUT2D eigenvalue weighted by Crippen LogP contribution is -2.61. The van der Waals surface area contributed by atoms with Crippen molar-refractivity contribution in [2.75, 3.05) is 24.5 Å². The summed E-state index contributed by atoms with van der Waals surface area (Å²) in [6.45, 7) is 3.20. The predicted octanol–water partition coefficient (Wildman–Crippen LogP) is 4.22. The highest BCUT2D eigenvalue weighted by atomic mass is 79.9. The molecule has 1 heterocycles. The van der Waals surface area contributed by atoms with Gasteiger partial charge in [-0.3, -0.25) is 0 Å². The van der Waals surface area contributed by atoms with E-state index in [1.54, 1.807) is 0 Å². The molecule has 0 amide bonds. The fourth-order valence-corrected chi connectivity index (χ4v) is 4.26. The lowest BCUT2D eigenvalue weighted by Gasteiger charge is -2.47. The standard InChI is InChI=1S/C15H20BrClN2/c16-12-4-5-14(13(17)10-12)19-9-8-18-15(11-19)6-2-1-3-7-15/h4-5,10,18H,1-3,6-9,11H2. The maximum Gasteiger partial charge on any atom is 0.0650 e. The summed E-state index contributed by atoms with van der Waals surface area (Å²) in [7, 11) is 0. The number of rotatable bonds is 1. The Kier molecular flexibility index (Phi) is 4.06. The minimum Gasteiger partial charge on any atom is -0.367 e. The Bertz CT molecular complexity index is 452. The van der Waals surface area contributed by atoms with Crippen LogP contribution in [0.15, 0.2) is 22.7 Å². The summed E-state index contributed by atoms with van der Waals surface area (Å²) in [5.41, 5.74) is 1.50. The van der Waals surface area contributed by atoms with Gasteiger partial charge in [-0.2, -0.15) is 0 Å². The van der Waals surface area contributed by atoms with Crippen LogP contribution in [-0.2, 0) is 0 Å². The van der Waals surface area contributed by atoms with E-state index in [-0.39, 0.29) is 0 Å². The fraction of sp³-hybridized carbons (Fsp3) is 0.600. The quantitative estimate of drug-likeness (QED) is 0.821. The van der Waals surface area contributed by atoms with Crippen LogP contribution in [0.2, 0.25) is 5.02 Å². The third-order valence-corrected chi connectivity index (χ3v) is 5.23. The van der Waals surface area contributed by atoms with Crippen LogP contribution in [0.5, 0.6) is 0 Å². The fourth-order valence-electron chi connectivity index (χ4n) is 3.46. The van der Waals surface area contributed by atoms with Crippen molar-refractivity contribution in [2.24, 2.45) is 0 Å². The molecule has 1 spiro atoms. The molecule has 104 valence electrons. The minimum atomic E-state index is 0.326. The van der Waals surface area contributed by atoms with E-state index in [2.05, 4.69) is 38.3 Å². The molecule has 3 rings (SSSR count). The molecule has 0 atom stereocenters. The largest absolute Gasteiger partial charge is 0.367 e. The Morgan fingerprint density at radius 3 is 2.74 bits per heavy atom. The number of benzene rings is 1. The van der Waals surface area contributed by atoms with Gasteiger partial charge < -0.3 is 10.2 Å². The zero-order chi connectivity index (χ0) is 13.3. The van der Waals surface area contributed by atoms with E-state index < -0.39 is 0 Å². The molecular formula is C15H20BrClN2. The second-order valence-corrected chi connectivity index (χ2v) is 7.11. The summed E-state index contributed by atoms with van der Waals surface area (Å²) in [4.78, 5) is 2.45. The Morgan fingerprint density at radius 2 is 2.00 bits per heavy atom. The first-order chi connectivity index (χ1) is 9.19. The van der Waals surface area contributed by atoms with Gasteiger partial charge in [0.1, 0.15) is 0 Å². The predicted molar refractivity (Wildman–Crippen MR) is 85.2 cm³/mol. The first kappa shape index (κ1) is 13.7. The van der Waals surface area contributed by atoms with Gasteiger partial charge >= 0.3 is 0 Å². The van der Waals surface area contributed by atoms with Crippen LogP contribution < -0.4 is 10.2 Å². The van der Waals surface area contributed by atoms with Crippen molar-refractivity contribution in [3.05, 3.63) is 27.7 Å². The Labute approximate surface area is 128 Å². The normalized spacial score (nSPS) is 22.7. The van der Waals surface area contributed by atoms with Crippen molar-refractivity contribution in [3.8, 4) is 0 Å². The van der Waals surface area contributed by atoms with Crippen molar-refractivity contribution >= 4 is 33.2 Å². The lowest BCUT2D eigenvalue weighted by atomic mass is 9.80. The average molecular weight is 344 g/mol. The maximum absolute atomic E-state index is 6.40. The number of nitrogens with zero attached hydrogens (tertiary/aromatic N) is 1. The first-order valence-corrected chi connectivity index (χ1v) is 8.31. The van der Waals surface area contributed by atoms with E-state index in [1.165, 1.54) is 37.8 Å². The molecule has 0 bridgehead atoms. The van der Waals surface area contributed by atoms with Gasteiger partial charge in [0.2, 0.25) is 0 Å². The van der Waals surface area contributed by atoms with Crippen LogP contribution in [0.3, 0.4) is 0 Å². The SMILES string of the molecule is Clc1cc(Br)ccc1N1CCNC2(CCCCC2)C1. The molecule has 0 unspecified atom stereocenters. The number of hydrogen-bond acceptors (Lipinski definition) is 2. The van der Waals surface area contributed by atoms with Crippen molar-refractivity contribution < 1.29 is 0 Å². The van der Waals surface area contributed by atoms with Gasteiger partial charge in [0.25, 0.3) is 0 Å². The van der Waals surface area contributed by atoms with E-state index >= 15 is 0 Å². The lowest BCUT2D eigenvalue weighted by molar-refractivity contribution is 0.216. The first-order valence-electron chi connectivity index (χ1n) is 7.14. The van der Waals surface area contributed by atoms with Crippen LogP contribution >= 0.6 is 27.5 Å². The summed E-state index contributed by atoms with van der Waals surface area (Å²) in [5.74, 6) is 0. The molecule has 0 aromatic heterocycles. The van der Waals surface area contributed by atoms with Crippen LogP contribution in [0, 0.1) is 0 Å². The molecule has 2 fully saturated rings. The second-order valence-electron chi connectivity index (χ2n) is 5.79. The van der Waals surface area contributed by atoms with E-state index in [1.807, 2.05) is 6.07 Å². The van der Waals surface area contributed by atoms with E-state index in [4.69, 9.17) is 11.6 Å². The number of halogens is 2. The molecule has 19 heavy (non-hydrogen) atoms. The highest BCUT2D eigenvalue weighted by molar-refractivity contribution is 9.10. The maximum atomic E-state index is 6.40. The van der Waals surface area contributed by atoms with Gasteiger partial charge in [-0.1, -0.05) is 46.8 Å².